The summed E-state index contributed by atoms with van der Waals surface area (Å²) < 4.78 is 0. The Bertz CT molecular complexity index is 776. The number of carbonyl (C=O) groups excluding carboxylic acids is 2. The predicted octanol–water partition coefficient (Wildman–Crippen LogP) is 3.78. The van der Waals surface area contributed by atoms with Crippen molar-refractivity contribution in [3.63, 3.8) is 0 Å². The summed E-state index contributed by atoms with van der Waals surface area (Å²) in [5.74, 6) is -0.188. The van der Waals surface area contributed by atoms with E-state index in [1.807, 2.05) is 31.2 Å². The van der Waals surface area contributed by atoms with Gasteiger partial charge in [0.1, 0.15) is 6.54 Å². The zero-order chi connectivity index (χ0) is 17.8. The van der Waals surface area contributed by atoms with Crippen molar-refractivity contribution in [2.24, 2.45) is 0 Å². The normalized spacial score (nSPS) is 14.1. The average Bonchev–Trinajstić information content (AvgIpc) is 2.97. The summed E-state index contributed by atoms with van der Waals surface area (Å²) in [6, 6.07) is 14.6. The second kappa shape index (κ2) is 7.57. The third-order valence-corrected chi connectivity index (χ3v) is 4.49. The Kier molecular flexibility index (Phi) is 5.24. The monoisotopic (exact) mass is 357 g/mol. The Morgan fingerprint density at radius 2 is 1.84 bits per heavy atom. The Morgan fingerprint density at radius 3 is 2.56 bits per heavy atom. The fraction of sp³-hybridized carbons (Fsp3) is 0.263. The van der Waals surface area contributed by atoms with Gasteiger partial charge in [-0.15, -0.1) is 0 Å². The second-order valence-corrected chi connectivity index (χ2v) is 6.33. The number of urea groups is 1. The van der Waals surface area contributed by atoms with E-state index in [2.05, 4.69) is 5.32 Å². The summed E-state index contributed by atoms with van der Waals surface area (Å²) >= 11 is 5.89. The molecule has 0 radical (unpaired) electrons. The fourth-order valence-corrected chi connectivity index (χ4v) is 3.03. The van der Waals surface area contributed by atoms with Gasteiger partial charge < -0.3 is 10.2 Å². The highest BCUT2D eigenvalue weighted by molar-refractivity contribution is 6.30. The molecule has 0 unspecified atom stereocenters. The van der Waals surface area contributed by atoms with E-state index in [-0.39, 0.29) is 18.5 Å². The van der Waals surface area contributed by atoms with E-state index in [1.165, 1.54) is 0 Å². The number of aryl methyl sites for hydroxylation is 1. The molecular formula is C19H20ClN3O2. The summed E-state index contributed by atoms with van der Waals surface area (Å²) in [4.78, 5) is 28.1. The summed E-state index contributed by atoms with van der Waals surface area (Å²) in [5.41, 5.74) is 2.66. The highest BCUT2D eigenvalue weighted by atomic mass is 35.5. The quantitative estimate of drug-likeness (QED) is 0.885. The van der Waals surface area contributed by atoms with Crippen LogP contribution in [-0.4, -0.2) is 36.5 Å². The molecule has 0 spiro atoms. The van der Waals surface area contributed by atoms with Gasteiger partial charge in [0.05, 0.1) is 0 Å². The molecule has 130 valence electrons. The summed E-state index contributed by atoms with van der Waals surface area (Å²) in [6.07, 6.45) is 0.837. The van der Waals surface area contributed by atoms with Gasteiger partial charge in [0, 0.05) is 29.5 Å². The molecule has 1 aliphatic heterocycles. The van der Waals surface area contributed by atoms with E-state index in [0.717, 1.165) is 23.4 Å². The molecule has 1 aliphatic rings. The van der Waals surface area contributed by atoms with Gasteiger partial charge in [-0.3, -0.25) is 9.69 Å². The van der Waals surface area contributed by atoms with Crippen LogP contribution < -0.4 is 10.2 Å². The lowest BCUT2D eigenvalue weighted by atomic mass is 10.1. The summed E-state index contributed by atoms with van der Waals surface area (Å²) in [7, 11) is 0. The molecule has 1 heterocycles. The molecule has 3 amide bonds. The number of carbonyl (C=O) groups is 2. The van der Waals surface area contributed by atoms with E-state index in [9.17, 15) is 9.59 Å². The van der Waals surface area contributed by atoms with E-state index < -0.39 is 0 Å². The molecular weight excluding hydrogens is 338 g/mol. The van der Waals surface area contributed by atoms with Gasteiger partial charge in [0.15, 0.2) is 0 Å². The largest absolute Gasteiger partial charge is 0.325 e. The molecule has 0 aromatic heterocycles. The number of nitrogens with one attached hydrogen (secondary N) is 1. The van der Waals surface area contributed by atoms with Crippen LogP contribution in [0, 0.1) is 0 Å². The molecule has 6 heteroatoms. The van der Waals surface area contributed by atoms with Gasteiger partial charge in [0.25, 0.3) is 0 Å². The first-order valence-electron chi connectivity index (χ1n) is 8.28. The maximum Gasteiger partial charge on any atom is 0.325 e. The third-order valence-electron chi connectivity index (χ3n) is 4.24. The Balaban J connectivity index is 1.62. The van der Waals surface area contributed by atoms with Gasteiger partial charge in [-0.25, -0.2) is 4.79 Å². The lowest BCUT2D eigenvalue weighted by molar-refractivity contribution is -0.116. The minimum atomic E-state index is -0.188. The number of para-hydroxylation sites is 1. The molecule has 3 rings (SSSR count). The van der Waals surface area contributed by atoms with E-state index in [4.69, 9.17) is 11.6 Å². The summed E-state index contributed by atoms with van der Waals surface area (Å²) in [6.45, 7) is 3.16. The maximum atomic E-state index is 12.5. The minimum absolute atomic E-state index is 0.0426. The van der Waals surface area contributed by atoms with Crippen molar-refractivity contribution in [3.05, 3.63) is 59.1 Å². The van der Waals surface area contributed by atoms with Crippen LogP contribution in [0.1, 0.15) is 12.5 Å². The van der Waals surface area contributed by atoms with Crippen LogP contribution in [0.4, 0.5) is 16.2 Å². The highest BCUT2D eigenvalue weighted by Gasteiger charge is 2.30. The summed E-state index contributed by atoms with van der Waals surface area (Å²) in [5, 5.41) is 3.53. The number of hydrogen-bond donors (Lipinski definition) is 1. The standard InChI is InChI=1S/C19H20ClN3O2/c1-2-14-5-3-4-6-17(14)21-18(24)13-22-11-12-23(19(22)25)16-9-7-15(20)8-10-16/h3-10H,2,11-13H2,1H3,(H,21,24). The number of nitrogens with zero attached hydrogens (tertiary/aromatic N) is 2. The molecule has 2 aromatic carbocycles. The number of halogens is 1. The number of rotatable bonds is 5. The SMILES string of the molecule is CCc1ccccc1NC(=O)CN1CCN(c2ccc(Cl)cc2)C1=O. The van der Waals surface area contributed by atoms with Gasteiger partial charge in [-0.1, -0.05) is 36.7 Å². The van der Waals surface area contributed by atoms with Crippen LogP contribution in [0.2, 0.25) is 5.02 Å². The topological polar surface area (TPSA) is 52.7 Å². The number of benzene rings is 2. The second-order valence-electron chi connectivity index (χ2n) is 5.89. The van der Waals surface area contributed by atoms with Crippen LogP contribution >= 0.6 is 11.6 Å². The van der Waals surface area contributed by atoms with E-state index in [0.29, 0.717) is 18.1 Å². The number of anilines is 2. The number of hydrogen-bond acceptors (Lipinski definition) is 2. The van der Waals surface area contributed by atoms with Gasteiger partial charge in [-0.05, 0) is 42.3 Å². The molecule has 1 fully saturated rings. The van der Waals surface area contributed by atoms with Crippen molar-refractivity contribution < 1.29 is 9.59 Å². The van der Waals surface area contributed by atoms with Gasteiger partial charge in [-0.2, -0.15) is 0 Å². The van der Waals surface area contributed by atoms with Crippen molar-refractivity contribution in [2.45, 2.75) is 13.3 Å². The van der Waals surface area contributed by atoms with Gasteiger partial charge in [0.2, 0.25) is 5.91 Å². The first-order valence-corrected chi connectivity index (χ1v) is 8.66. The van der Waals surface area contributed by atoms with Crippen molar-refractivity contribution in [1.29, 1.82) is 0 Å². The average molecular weight is 358 g/mol. The number of amides is 3. The van der Waals surface area contributed by atoms with Crippen LogP contribution in [0.3, 0.4) is 0 Å². The molecule has 5 nitrogen and oxygen atoms in total. The van der Waals surface area contributed by atoms with Crippen molar-refractivity contribution >= 4 is 34.9 Å². The molecule has 0 bridgehead atoms. The first kappa shape index (κ1) is 17.3. The third kappa shape index (κ3) is 3.94. The Morgan fingerprint density at radius 1 is 1.12 bits per heavy atom. The molecule has 0 atom stereocenters. The minimum Gasteiger partial charge on any atom is -0.324 e. The zero-order valence-corrected chi connectivity index (χ0v) is 14.8. The molecule has 25 heavy (non-hydrogen) atoms. The molecule has 0 saturated carbocycles. The van der Waals surface area contributed by atoms with Crippen molar-refractivity contribution in [2.75, 3.05) is 29.9 Å². The molecule has 2 aromatic rings. The lowest BCUT2D eigenvalue weighted by Crippen LogP contribution is -2.37. The molecule has 1 saturated heterocycles. The first-order chi connectivity index (χ1) is 12.1. The molecule has 1 N–H and O–H groups in total. The fourth-order valence-electron chi connectivity index (χ4n) is 2.90. The Labute approximate surface area is 152 Å². The smallest absolute Gasteiger partial charge is 0.324 e. The van der Waals surface area contributed by atoms with Crippen LogP contribution in [0.15, 0.2) is 48.5 Å². The van der Waals surface area contributed by atoms with Crippen LogP contribution in [0.5, 0.6) is 0 Å². The maximum absolute atomic E-state index is 12.5. The van der Waals surface area contributed by atoms with Crippen LogP contribution in [-0.2, 0) is 11.2 Å². The predicted molar refractivity (Wildman–Crippen MR) is 100 cm³/mol. The highest BCUT2D eigenvalue weighted by Crippen LogP contribution is 2.22. The van der Waals surface area contributed by atoms with Crippen molar-refractivity contribution in [3.8, 4) is 0 Å². The molecule has 0 aliphatic carbocycles. The van der Waals surface area contributed by atoms with Crippen LogP contribution in [0.25, 0.3) is 0 Å². The van der Waals surface area contributed by atoms with E-state index >= 15 is 0 Å². The zero-order valence-electron chi connectivity index (χ0n) is 14.0. The lowest BCUT2D eigenvalue weighted by Gasteiger charge is -2.19. The Hall–Kier alpha value is -2.53. The van der Waals surface area contributed by atoms with Gasteiger partial charge >= 0.3 is 6.03 Å². The van der Waals surface area contributed by atoms with E-state index in [1.54, 1.807) is 34.1 Å². The van der Waals surface area contributed by atoms with Crippen molar-refractivity contribution in [1.82, 2.24) is 4.90 Å².